The summed E-state index contributed by atoms with van der Waals surface area (Å²) in [5, 5.41) is 12.1. The molecule has 16 heavy (non-hydrogen) atoms. The zero-order chi connectivity index (χ0) is 12.7. The molecule has 6 nitrogen and oxygen atoms in total. The molecule has 0 amide bonds. The first-order valence-electron chi connectivity index (χ1n) is 5.48. The van der Waals surface area contributed by atoms with Gasteiger partial charge in [-0.2, -0.15) is 8.42 Å². The summed E-state index contributed by atoms with van der Waals surface area (Å²) in [5.74, 6) is -2.01. The highest BCUT2D eigenvalue weighted by atomic mass is 32.2. The van der Waals surface area contributed by atoms with E-state index in [-0.39, 0.29) is 6.54 Å². The van der Waals surface area contributed by atoms with Crippen molar-refractivity contribution in [1.29, 1.82) is 0 Å². The van der Waals surface area contributed by atoms with Gasteiger partial charge in [0.1, 0.15) is 0 Å². The van der Waals surface area contributed by atoms with Crippen molar-refractivity contribution in [1.82, 2.24) is 5.32 Å². The maximum Gasteiger partial charge on any atom is 0.266 e. The van der Waals surface area contributed by atoms with Crippen molar-refractivity contribution in [2.75, 3.05) is 12.3 Å². The molecule has 0 aliphatic carbocycles. The number of nitrogens with one attached hydrogen (secondary N) is 1. The first-order chi connectivity index (χ1) is 7.27. The first-order valence-corrected chi connectivity index (χ1v) is 7.09. The highest BCUT2D eigenvalue weighted by Gasteiger charge is 2.19. The number of nitrogens with two attached hydrogens (primary N) is 1. The monoisotopic (exact) mass is 254 g/mol. The van der Waals surface area contributed by atoms with Gasteiger partial charge in [0.25, 0.3) is 10.1 Å². The van der Waals surface area contributed by atoms with Gasteiger partial charge in [0.05, 0.1) is 5.75 Å². The Bertz CT molecular complexity index is 277. The maximum absolute atomic E-state index is 10.4. The molecule has 0 aromatic carbocycles. The van der Waals surface area contributed by atoms with Crippen LogP contribution in [0, 0.1) is 0 Å². The third kappa shape index (κ3) is 10.3. The Hall–Kier alpha value is -0.210. The summed E-state index contributed by atoms with van der Waals surface area (Å²) in [6, 6.07) is 0. The van der Waals surface area contributed by atoms with Gasteiger partial charge in [-0.3, -0.25) is 15.6 Å². The lowest BCUT2D eigenvalue weighted by atomic mass is 10.1. The second-order valence-corrected chi connectivity index (χ2v) is 5.52. The Labute approximate surface area is 97.0 Å². The molecule has 0 rings (SSSR count). The summed E-state index contributed by atoms with van der Waals surface area (Å²) in [4.78, 5) is 0. The molecule has 0 aliphatic heterocycles. The van der Waals surface area contributed by atoms with Crippen LogP contribution in [0.4, 0.5) is 0 Å². The molecular weight excluding hydrogens is 232 g/mol. The molecule has 0 radical (unpaired) electrons. The zero-order valence-electron chi connectivity index (χ0n) is 9.65. The average molecular weight is 254 g/mol. The van der Waals surface area contributed by atoms with E-state index in [9.17, 15) is 13.5 Å². The lowest BCUT2D eigenvalue weighted by Gasteiger charge is -2.24. The van der Waals surface area contributed by atoms with Crippen molar-refractivity contribution in [3.8, 4) is 0 Å². The maximum atomic E-state index is 10.4. The second-order valence-electron chi connectivity index (χ2n) is 3.95. The van der Waals surface area contributed by atoms with Gasteiger partial charge in [0.2, 0.25) is 0 Å². The molecule has 0 aromatic rings. The summed E-state index contributed by atoms with van der Waals surface area (Å²) in [5.41, 5.74) is 5.50. The summed E-state index contributed by atoms with van der Waals surface area (Å²) < 4.78 is 29.3. The van der Waals surface area contributed by atoms with Crippen molar-refractivity contribution in [3.63, 3.8) is 0 Å². The molecule has 0 bridgehead atoms. The topological polar surface area (TPSA) is 113 Å². The van der Waals surface area contributed by atoms with E-state index in [1.54, 1.807) is 0 Å². The van der Waals surface area contributed by atoms with Gasteiger partial charge in [0, 0.05) is 13.0 Å². The van der Waals surface area contributed by atoms with Gasteiger partial charge in [-0.05, 0) is 6.42 Å². The van der Waals surface area contributed by atoms with E-state index in [2.05, 4.69) is 12.2 Å². The molecule has 0 aliphatic rings. The highest BCUT2D eigenvalue weighted by Crippen LogP contribution is 2.08. The van der Waals surface area contributed by atoms with E-state index in [4.69, 9.17) is 10.3 Å². The minimum Gasteiger partial charge on any atom is -0.363 e. The Kier molecular flexibility index (Phi) is 7.09. The van der Waals surface area contributed by atoms with Crippen LogP contribution >= 0.6 is 0 Å². The van der Waals surface area contributed by atoms with Gasteiger partial charge >= 0.3 is 0 Å². The fraction of sp³-hybridized carbons (Fsp3) is 1.00. The van der Waals surface area contributed by atoms with E-state index < -0.39 is 21.7 Å². The highest BCUT2D eigenvalue weighted by molar-refractivity contribution is 7.85. The third-order valence-electron chi connectivity index (χ3n) is 2.20. The minimum absolute atomic E-state index is 0.0698. The molecule has 0 fully saturated rings. The molecule has 0 spiro atoms. The van der Waals surface area contributed by atoms with Crippen LogP contribution in [-0.4, -0.2) is 36.2 Å². The first kappa shape index (κ1) is 15.8. The Morgan fingerprint density at radius 1 is 1.31 bits per heavy atom. The number of rotatable bonds is 9. The molecule has 1 atom stereocenters. The number of aliphatic hydroxyl groups is 1. The van der Waals surface area contributed by atoms with Crippen LogP contribution in [0.15, 0.2) is 0 Å². The van der Waals surface area contributed by atoms with E-state index in [1.807, 2.05) is 0 Å². The predicted molar refractivity (Wildman–Crippen MR) is 62.3 cm³/mol. The van der Waals surface area contributed by atoms with Crippen LogP contribution in [0.5, 0.6) is 0 Å². The molecule has 1 unspecified atom stereocenters. The number of hydrogen-bond acceptors (Lipinski definition) is 5. The second kappa shape index (κ2) is 7.18. The normalized spacial score (nSPS) is 16.0. The van der Waals surface area contributed by atoms with Crippen LogP contribution in [0.3, 0.4) is 0 Å². The quantitative estimate of drug-likeness (QED) is 0.262. The fourth-order valence-electron chi connectivity index (χ4n) is 1.31. The number of hydrogen-bond donors (Lipinski definition) is 4. The van der Waals surface area contributed by atoms with E-state index in [1.165, 1.54) is 0 Å². The van der Waals surface area contributed by atoms with Crippen molar-refractivity contribution in [2.45, 2.75) is 44.9 Å². The van der Waals surface area contributed by atoms with Crippen molar-refractivity contribution in [3.05, 3.63) is 0 Å². The molecule has 98 valence electrons. The Balaban J connectivity index is 3.70. The molecule has 0 saturated heterocycles. The van der Waals surface area contributed by atoms with Crippen molar-refractivity contribution < 1.29 is 18.1 Å². The Morgan fingerprint density at radius 2 is 1.94 bits per heavy atom. The van der Waals surface area contributed by atoms with Gasteiger partial charge < -0.3 is 5.11 Å². The lowest BCUT2D eigenvalue weighted by Crippen LogP contribution is -2.54. The molecule has 5 N–H and O–H groups in total. The Morgan fingerprint density at radius 3 is 2.44 bits per heavy atom. The van der Waals surface area contributed by atoms with Crippen LogP contribution < -0.4 is 11.1 Å². The van der Waals surface area contributed by atoms with Crippen LogP contribution in [0.2, 0.25) is 0 Å². The van der Waals surface area contributed by atoms with Crippen LogP contribution in [-0.2, 0) is 10.1 Å². The summed E-state index contributed by atoms with van der Waals surface area (Å²) in [7, 11) is -4.00. The molecule has 0 aromatic heterocycles. The molecule has 7 heteroatoms. The van der Waals surface area contributed by atoms with E-state index >= 15 is 0 Å². The van der Waals surface area contributed by atoms with Crippen molar-refractivity contribution >= 4 is 10.1 Å². The van der Waals surface area contributed by atoms with E-state index in [0.717, 1.165) is 25.7 Å². The smallest absolute Gasteiger partial charge is 0.266 e. The van der Waals surface area contributed by atoms with Crippen molar-refractivity contribution in [2.24, 2.45) is 5.73 Å². The fourth-order valence-corrected chi connectivity index (χ4v) is 1.67. The molecule has 0 saturated carbocycles. The summed E-state index contributed by atoms with van der Waals surface area (Å²) in [6.45, 7) is 2.01. The summed E-state index contributed by atoms with van der Waals surface area (Å²) >= 11 is 0. The lowest BCUT2D eigenvalue weighted by molar-refractivity contribution is 0.00273. The van der Waals surface area contributed by atoms with Gasteiger partial charge in [-0.1, -0.05) is 26.2 Å². The predicted octanol–water partition coefficient (Wildman–Crippen LogP) is 0.0390. The van der Waals surface area contributed by atoms with Crippen LogP contribution in [0.1, 0.15) is 39.0 Å². The van der Waals surface area contributed by atoms with Gasteiger partial charge in [-0.25, -0.2) is 0 Å². The van der Waals surface area contributed by atoms with Gasteiger partial charge in [-0.15, -0.1) is 0 Å². The van der Waals surface area contributed by atoms with Gasteiger partial charge in [0.15, 0.2) is 5.85 Å². The number of unbranched alkanes of at least 4 members (excludes halogenated alkanes) is 3. The SMILES string of the molecule is CCCCCCC(N)(O)NCCS(=O)(=O)O. The van der Waals surface area contributed by atoms with E-state index in [0.29, 0.717) is 6.42 Å². The third-order valence-corrected chi connectivity index (χ3v) is 2.92. The molecular formula is C9H22N2O4S. The minimum atomic E-state index is -4.00. The molecule has 0 heterocycles. The summed E-state index contributed by atoms with van der Waals surface area (Å²) in [6.07, 6.45) is 4.30. The largest absolute Gasteiger partial charge is 0.363 e. The standard InChI is InChI=1S/C9H22N2O4S/c1-2-3-4-5-6-9(10,12)11-7-8-16(13,14)15/h11-12H,2-8,10H2,1H3,(H,13,14,15). The van der Waals surface area contributed by atoms with Crippen LogP contribution in [0.25, 0.3) is 0 Å². The average Bonchev–Trinajstić information content (AvgIpc) is 2.10. The zero-order valence-corrected chi connectivity index (χ0v) is 10.5.